The van der Waals surface area contributed by atoms with Crippen molar-refractivity contribution >= 4 is 6.47 Å². The molecule has 0 aliphatic heterocycles. The van der Waals surface area contributed by atoms with Crippen molar-refractivity contribution in [3.8, 4) is 0 Å². The van der Waals surface area contributed by atoms with Gasteiger partial charge in [0.25, 0.3) is 0 Å². The van der Waals surface area contributed by atoms with Crippen LogP contribution in [0.1, 0.15) is 0 Å². The highest BCUT2D eigenvalue weighted by Gasteiger charge is 1.87. The Kier molecular flexibility index (Phi) is 7.81. The molecule has 0 fully saturated rings. The first-order valence-corrected chi connectivity index (χ1v) is 2.82. The SMILES string of the molecule is O=COOCCOCCO. The number of aliphatic hydroxyl groups excluding tert-OH is 1. The fourth-order valence-corrected chi connectivity index (χ4v) is 0.335. The third-order valence-electron chi connectivity index (χ3n) is 0.654. The van der Waals surface area contributed by atoms with Crippen LogP contribution >= 0.6 is 0 Å². The van der Waals surface area contributed by atoms with Crippen LogP contribution in [0.25, 0.3) is 0 Å². The number of carbonyl (C=O) groups excluding carboxylic acids is 1. The molecule has 0 aromatic rings. The van der Waals surface area contributed by atoms with E-state index < -0.39 is 0 Å². The summed E-state index contributed by atoms with van der Waals surface area (Å²) in [6, 6.07) is 0. The summed E-state index contributed by atoms with van der Waals surface area (Å²) in [5, 5.41) is 8.22. The minimum absolute atomic E-state index is 0.0193. The molecule has 0 saturated heterocycles. The van der Waals surface area contributed by atoms with Crippen LogP contribution in [0, 0.1) is 0 Å². The van der Waals surface area contributed by atoms with Gasteiger partial charge in [0.2, 0.25) is 0 Å². The first-order chi connectivity index (χ1) is 4.91. The minimum atomic E-state index is -0.0193. The van der Waals surface area contributed by atoms with Crippen molar-refractivity contribution in [1.29, 1.82) is 0 Å². The van der Waals surface area contributed by atoms with Crippen molar-refractivity contribution in [2.45, 2.75) is 0 Å². The fourth-order valence-electron chi connectivity index (χ4n) is 0.335. The van der Waals surface area contributed by atoms with E-state index in [0.29, 0.717) is 6.61 Å². The van der Waals surface area contributed by atoms with Crippen LogP contribution in [0.5, 0.6) is 0 Å². The zero-order valence-electron chi connectivity index (χ0n) is 5.49. The van der Waals surface area contributed by atoms with Gasteiger partial charge in [-0.3, -0.25) is 4.79 Å². The molecule has 0 rings (SSSR count). The second-order valence-corrected chi connectivity index (χ2v) is 1.35. The number of hydrogen-bond donors (Lipinski definition) is 1. The van der Waals surface area contributed by atoms with Crippen molar-refractivity contribution in [2.75, 3.05) is 26.4 Å². The molecule has 0 spiro atoms. The van der Waals surface area contributed by atoms with Crippen LogP contribution in [-0.2, 0) is 19.3 Å². The first kappa shape index (κ1) is 9.35. The second-order valence-electron chi connectivity index (χ2n) is 1.35. The van der Waals surface area contributed by atoms with E-state index in [1.165, 1.54) is 0 Å². The van der Waals surface area contributed by atoms with E-state index >= 15 is 0 Å². The molecule has 5 nitrogen and oxygen atoms in total. The Balaban J connectivity index is 2.70. The maximum Gasteiger partial charge on any atom is 0.330 e. The Bertz CT molecular complexity index is 74.4. The highest BCUT2D eigenvalue weighted by Crippen LogP contribution is 1.76. The van der Waals surface area contributed by atoms with Gasteiger partial charge in [-0.2, -0.15) is 4.89 Å². The van der Waals surface area contributed by atoms with Gasteiger partial charge in [0, 0.05) is 0 Å². The van der Waals surface area contributed by atoms with Gasteiger partial charge in [-0.05, 0) is 0 Å². The summed E-state index contributed by atoms with van der Waals surface area (Å²) < 4.78 is 4.76. The molecule has 0 bridgehead atoms. The zero-order chi connectivity index (χ0) is 7.66. The topological polar surface area (TPSA) is 65.0 Å². The minimum Gasteiger partial charge on any atom is -0.394 e. The molecule has 5 heteroatoms. The highest BCUT2D eigenvalue weighted by molar-refractivity contribution is 5.35. The third-order valence-corrected chi connectivity index (χ3v) is 0.654. The molecular formula is C5H10O5. The predicted molar refractivity (Wildman–Crippen MR) is 31.0 cm³/mol. The predicted octanol–water partition coefficient (Wildman–Crippen LogP) is -0.900. The van der Waals surface area contributed by atoms with Crippen LogP contribution < -0.4 is 0 Å². The molecule has 0 amide bonds. The lowest BCUT2D eigenvalue weighted by molar-refractivity contribution is -0.263. The van der Waals surface area contributed by atoms with E-state index in [1.807, 2.05) is 0 Å². The fraction of sp³-hybridized carbons (Fsp3) is 0.800. The Hall–Kier alpha value is -0.650. The van der Waals surface area contributed by atoms with Gasteiger partial charge in [0.1, 0.15) is 6.61 Å². The van der Waals surface area contributed by atoms with Gasteiger partial charge in [0.15, 0.2) is 0 Å². The van der Waals surface area contributed by atoms with E-state index in [2.05, 4.69) is 9.78 Å². The molecule has 10 heavy (non-hydrogen) atoms. The quantitative estimate of drug-likeness (QED) is 0.220. The van der Waals surface area contributed by atoms with Crippen LogP contribution in [0.2, 0.25) is 0 Å². The van der Waals surface area contributed by atoms with E-state index in [9.17, 15) is 4.79 Å². The number of aliphatic hydroxyl groups is 1. The molecule has 0 radical (unpaired) electrons. The number of rotatable bonds is 7. The monoisotopic (exact) mass is 150 g/mol. The Morgan fingerprint density at radius 3 is 2.70 bits per heavy atom. The van der Waals surface area contributed by atoms with Crippen molar-refractivity contribution in [3.63, 3.8) is 0 Å². The maximum atomic E-state index is 9.47. The molecule has 0 aliphatic carbocycles. The standard InChI is InChI=1S/C5H10O5/c6-1-2-8-3-4-9-10-5-7/h5-6H,1-4H2. The van der Waals surface area contributed by atoms with E-state index in [0.717, 1.165) is 0 Å². The van der Waals surface area contributed by atoms with Gasteiger partial charge in [-0.1, -0.05) is 0 Å². The summed E-state index contributed by atoms with van der Waals surface area (Å²) in [6.07, 6.45) is 0. The van der Waals surface area contributed by atoms with E-state index in [-0.39, 0.29) is 26.3 Å². The van der Waals surface area contributed by atoms with E-state index in [1.54, 1.807) is 0 Å². The van der Waals surface area contributed by atoms with Crippen molar-refractivity contribution < 1.29 is 24.4 Å². The van der Waals surface area contributed by atoms with Gasteiger partial charge < -0.3 is 14.7 Å². The van der Waals surface area contributed by atoms with Crippen molar-refractivity contribution in [1.82, 2.24) is 0 Å². The molecule has 0 aliphatic rings. The number of ether oxygens (including phenoxy) is 1. The lowest BCUT2D eigenvalue weighted by Gasteiger charge is -1.99. The van der Waals surface area contributed by atoms with Crippen LogP contribution in [0.15, 0.2) is 0 Å². The number of carbonyl (C=O) groups is 1. The zero-order valence-corrected chi connectivity index (χ0v) is 5.49. The molecule has 0 unspecified atom stereocenters. The summed E-state index contributed by atoms with van der Waals surface area (Å²) in [7, 11) is 0. The first-order valence-electron chi connectivity index (χ1n) is 2.82. The van der Waals surface area contributed by atoms with Crippen molar-refractivity contribution in [3.05, 3.63) is 0 Å². The number of hydrogen-bond acceptors (Lipinski definition) is 5. The molecule has 0 aromatic heterocycles. The molecule has 0 aromatic carbocycles. The Labute approximate surface area is 58.4 Å². The lowest BCUT2D eigenvalue weighted by atomic mass is 10.7. The molecule has 60 valence electrons. The van der Waals surface area contributed by atoms with Crippen molar-refractivity contribution in [2.24, 2.45) is 0 Å². The second kappa shape index (κ2) is 8.35. The Morgan fingerprint density at radius 1 is 1.30 bits per heavy atom. The summed E-state index contributed by atoms with van der Waals surface area (Å²) >= 11 is 0. The van der Waals surface area contributed by atoms with Gasteiger partial charge in [-0.15, -0.1) is 0 Å². The summed E-state index contributed by atoms with van der Waals surface area (Å²) in [6.45, 7) is 0.915. The van der Waals surface area contributed by atoms with Gasteiger partial charge in [0.05, 0.1) is 19.8 Å². The molecule has 0 saturated carbocycles. The average Bonchev–Trinajstić information content (AvgIpc) is 1.97. The molecule has 0 heterocycles. The van der Waals surface area contributed by atoms with Gasteiger partial charge >= 0.3 is 6.47 Å². The smallest absolute Gasteiger partial charge is 0.330 e. The highest BCUT2D eigenvalue weighted by atomic mass is 17.2. The normalized spacial score (nSPS) is 9.30. The van der Waals surface area contributed by atoms with Crippen LogP contribution in [0.3, 0.4) is 0 Å². The van der Waals surface area contributed by atoms with Crippen LogP contribution in [0.4, 0.5) is 0 Å². The average molecular weight is 150 g/mol. The summed E-state index contributed by atoms with van der Waals surface area (Å²) in [5.74, 6) is 0. The third kappa shape index (κ3) is 7.35. The molecule has 1 N–H and O–H groups in total. The summed E-state index contributed by atoms with van der Waals surface area (Å²) in [5.41, 5.74) is 0. The largest absolute Gasteiger partial charge is 0.394 e. The summed E-state index contributed by atoms with van der Waals surface area (Å²) in [4.78, 5) is 17.6. The molecule has 0 atom stereocenters. The van der Waals surface area contributed by atoms with E-state index in [4.69, 9.17) is 9.84 Å². The van der Waals surface area contributed by atoms with Gasteiger partial charge in [-0.25, -0.2) is 0 Å². The maximum absolute atomic E-state index is 9.47. The lowest BCUT2D eigenvalue weighted by Crippen LogP contribution is -2.07. The van der Waals surface area contributed by atoms with Crippen LogP contribution in [-0.4, -0.2) is 38.0 Å². The molecular weight excluding hydrogens is 140 g/mol. The Morgan fingerprint density at radius 2 is 2.10 bits per heavy atom.